The van der Waals surface area contributed by atoms with Crippen LogP contribution in [-0.4, -0.2) is 73.9 Å². The Balaban J connectivity index is 2.10. The third kappa shape index (κ3) is 6.17. The third-order valence-electron chi connectivity index (χ3n) is 5.47. The summed E-state index contributed by atoms with van der Waals surface area (Å²) in [6.07, 6.45) is -6.24. The number of hydrogen-bond acceptors (Lipinski definition) is 13. The van der Waals surface area contributed by atoms with Gasteiger partial charge < -0.3 is 28.4 Å². The molecule has 1 aliphatic carbocycles. The predicted molar refractivity (Wildman–Crippen MR) is 122 cm³/mol. The topological polar surface area (TPSA) is 167 Å². The number of benzene rings is 1. The summed E-state index contributed by atoms with van der Waals surface area (Å²) in [5, 5.41) is 0. The third-order valence-corrected chi connectivity index (χ3v) is 5.47. The average Bonchev–Trinajstić information content (AvgIpc) is 2.83. The van der Waals surface area contributed by atoms with Gasteiger partial charge in [0.2, 0.25) is 41.8 Å². The van der Waals surface area contributed by atoms with Gasteiger partial charge in [0.05, 0.1) is 13.0 Å². The summed E-state index contributed by atoms with van der Waals surface area (Å²) in [6.45, 7) is 3.82. The molecule has 0 radical (unpaired) electrons. The van der Waals surface area contributed by atoms with E-state index in [2.05, 4.69) is 0 Å². The number of hydrogen-bond donors (Lipinski definition) is 0. The summed E-state index contributed by atoms with van der Waals surface area (Å²) in [7, 11) is 1.16. The number of ether oxygens (including phenoxy) is 7. The van der Waals surface area contributed by atoms with Crippen molar-refractivity contribution >= 4 is 35.4 Å². The molecule has 0 N–H and O–H groups in total. The number of rotatable bonds is 8. The van der Waals surface area contributed by atoms with E-state index >= 15 is 0 Å². The van der Waals surface area contributed by atoms with Crippen LogP contribution in [0.2, 0.25) is 0 Å². The van der Waals surface area contributed by atoms with Crippen molar-refractivity contribution in [3.63, 3.8) is 0 Å². The lowest BCUT2D eigenvalue weighted by Gasteiger charge is -2.44. The number of carbonyl (C=O) groups excluding carboxylic acids is 6. The lowest BCUT2D eigenvalue weighted by Crippen LogP contribution is -2.60. The van der Waals surface area contributed by atoms with Crippen LogP contribution in [0.5, 0.6) is 0 Å². The number of allylic oxidation sites excluding steroid dienone is 2. The molecule has 1 aliphatic heterocycles. The molecule has 1 heterocycles. The molecular formula is C25H26O13. The number of ketones is 2. The normalized spacial score (nSPS) is 24.6. The van der Waals surface area contributed by atoms with Gasteiger partial charge in [0.1, 0.15) is 6.61 Å². The summed E-state index contributed by atoms with van der Waals surface area (Å²) in [5.74, 6) is -6.78. The Morgan fingerprint density at radius 3 is 1.76 bits per heavy atom. The smallest absolute Gasteiger partial charge is 0.305 e. The standard InChI is InChI=1S/C25H26O13/c1-11(26)33-10-17-20(34-12(2)27)23(35-13(3)28)25(36-14(4)29)38-24(17)37-22-19(31)16-9-7-6-8-15(16)18(30)21(22)32-5/h6-9,17,20,23-25H,10H2,1-5H3/t17-,20-,23+,24-,25+/m1/s1. The van der Waals surface area contributed by atoms with Gasteiger partial charge >= 0.3 is 23.9 Å². The second-order valence-electron chi connectivity index (χ2n) is 8.28. The van der Waals surface area contributed by atoms with Crippen molar-refractivity contribution in [1.82, 2.24) is 0 Å². The number of carbonyl (C=O) groups is 6. The largest absolute Gasteiger partial charge is 0.489 e. The first kappa shape index (κ1) is 28.3. The summed E-state index contributed by atoms with van der Waals surface area (Å²) in [4.78, 5) is 73.6. The molecule has 0 spiro atoms. The van der Waals surface area contributed by atoms with E-state index in [1.165, 1.54) is 12.1 Å². The zero-order chi connectivity index (χ0) is 28.1. The fourth-order valence-electron chi connectivity index (χ4n) is 4.02. The second-order valence-corrected chi connectivity index (χ2v) is 8.28. The predicted octanol–water partition coefficient (Wildman–Crippen LogP) is 1.23. The molecule has 0 saturated carbocycles. The molecule has 0 unspecified atom stereocenters. The summed E-state index contributed by atoms with van der Waals surface area (Å²) < 4.78 is 37.7. The van der Waals surface area contributed by atoms with Crippen LogP contribution < -0.4 is 0 Å². The van der Waals surface area contributed by atoms with E-state index in [0.29, 0.717) is 0 Å². The van der Waals surface area contributed by atoms with Crippen molar-refractivity contribution in [2.45, 2.75) is 52.5 Å². The van der Waals surface area contributed by atoms with Gasteiger partial charge in [-0.25, -0.2) is 0 Å². The van der Waals surface area contributed by atoms with Gasteiger partial charge in [0.15, 0.2) is 6.10 Å². The van der Waals surface area contributed by atoms with Gasteiger partial charge in [-0.1, -0.05) is 24.3 Å². The first-order chi connectivity index (χ1) is 17.9. The molecule has 13 nitrogen and oxygen atoms in total. The molecule has 1 fully saturated rings. The Morgan fingerprint density at radius 1 is 0.737 bits per heavy atom. The van der Waals surface area contributed by atoms with Gasteiger partial charge in [-0.2, -0.15) is 0 Å². The fraction of sp³-hybridized carbons (Fsp3) is 0.440. The Hall–Kier alpha value is -4.26. The van der Waals surface area contributed by atoms with E-state index in [0.717, 1.165) is 34.8 Å². The van der Waals surface area contributed by atoms with Crippen LogP contribution in [0.4, 0.5) is 0 Å². The fourth-order valence-corrected chi connectivity index (χ4v) is 4.02. The van der Waals surface area contributed by atoms with Crippen molar-refractivity contribution in [2.24, 2.45) is 5.92 Å². The summed E-state index contributed by atoms with van der Waals surface area (Å²) >= 11 is 0. The lowest BCUT2D eigenvalue weighted by atomic mass is 9.91. The summed E-state index contributed by atoms with van der Waals surface area (Å²) in [5.41, 5.74) is 0.125. The van der Waals surface area contributed by atoms with E-state index in [4.69, 9.17) is 33.2 Å². The lowest BCUT2D eigenvalue weighted by molar-refractivity contribution is -0.329. The van der Waals surface area contributed by atoms with Crippen molar-refractivity contribution in [2.75, 3.05) is 13.7 Å². The van der Waals surface area contributed by atoms with Crippen LogP contribution in [0.3, 0.4) is 0 Å². The number of methoxy groups -OCH3 is 1. The van der Waals surface area contributed by atoms with Crippen LogP contribution in [-0.2, 0) is 52.3 Å². The molecule has 3 rings (SSSR count). The summed E-state index contributed by atoms with van der Waals surface area (Å²) in [6, 6.07) is 5.99. The minimum atomic E-state index is -1.67. The second kappa shape index (κ2) is 11.9. The van der Waals surface area contributed by atoms with Gasteiger partial charge in [0, 0.05) is 38.8 Å². The van der Waals surface area contributed by atoms with Crippen LogP contribution in [0.1, 0.15) is 48.4 Å². The van der Waals surface area contributed by atoms with E-state index in [-0.39, 0.29) is 11.1 Å². The first-order valence-corrected chi connectivity index (χ1v) is 11.4. The van der Waals surface area contributed by atoms with Crippen molar-refractivity contribution in [3.8, 4) is 0 Å². The van der Waals surface area contributed by atoms with Crippen molar-refractivity contribution < 1.29 is 61.9 Å². The SMILES string of the molecule is COC1=C(O[C@@H]2O[C@H](OC(C)=O)[C@@H](OC(C)=O)[C@H](OC(C)=O)[C@H]2COC(C)=O)C(=O)c2ccccc2C1=O. The molecule has 38 heavy (non-hydrogen) atoms. The van der Waals surface area contributed by atoms with Gasteiger partial charge in [-0.3, -0.25) is 33.5 Å². The number of esters is 4. The highest BCUT2D eigenvalue weighted by Gasteiger charge is 2.54. The van der Waals surface area contributed by atoms with Gasteiger partial charge in [-0.05, 0) is 0 Å². The van der Waals surface area contributed by atoms with Crippen molar-refractivity contribution in [3.05, 3.63) is 46.9 Å². The Labute approximate surface area is 216 Å². The van der Waals surface area contributed by atoms with Crippen LogP contribution in [0.25, 0.3) is 0 Å². The molecule has 1 aromatic rings. The quantitative estimate of drug-likeness (QED) is 0.345. The van der Waals surface area contributed by atoms with Crippen LogP contribution in [0, 0.1) is 5.92 Å². The monoisotopic (exact) mass is 534 g/mol. The van der Waals surface area contributed by atoms with Crippen LogP contribution in [0.15, 0.2) is 35.8 Å². The zero-order valence-electron chi connectivity index (χ0n) is 21.2. The van der Waals surface area contributed by atoms with Gasteiger partial charge in [0.25, 0.3) is 0 Å². The average molecular weight is 534 g/mol. The molecule has 1 aromatic carbocycles. The minimum absolute atomic E-state index is 0.0338. The molecule has 1 saturated heterocycles. The highest BCUT2D eigenvalue weighted by Crippen LogP contribution is 2.36. The van der Waals surface area contributed by atoms with Crippen molar-refractivity contribution in [1.29, 1.82) is 0 Å². The highest BCUT2D eigenvalue weighted by atomic mass is 16.8. The zero-order valence-corrected chi connectivity index (χ0v) is 21.2. The van der Waals surface area contributed by atoms with E-state index in [9.17, 15) is 28.8 Å². The molecular weight excluding hydrogens is 508 g/mol. The molecule has 2 aliphatic rings. The molecule has 204 valence electrons. The number of fused-ring (bicyclic) bond motifs is 1. The Morgan fingerprint density at radius 2 is 1.26 bits per heavy atom. The molecule has 0 amide bonds. The highest BCUT2D eigenvalue weighted by molar-refractivity contribution is 6.25. The van der Waals surface area contributed by atoms with Crippen LogP contribution >= 0.6 is 0 Å². The van der Waals surface area contributed by atoms with E-state index < -0.39 is 84.3 Å². The molecule has 13 heteroatoms. The maximum atomic E-state index is 13.3. The minimum Gasteiger partial charge on any atom is -0.489 e. The van der Waals surface area contributed by atoms with E-state index in [1.54, 1.807) is 12.1 Å². The number of Topliss-reactive ketones (excluding diaryl/α,β-unsaturated/α-hetero) is 2. The maximum Gasteiger partial charge on any atom is 0.305 e. The molecule has 0 bridgehead atoms. The van der Waals surface area contributed by atoms with Gasteiger partial charge in [-0.15, -0.1) is 0 Å². The molecule has 5 atom stereocenters. The molecule has 0 aromatic heterocycles. The first-order valence-electron chi connectivity index (χ1n) is 11.4. The maximum absolute atomic E-state index is 13.3. The Bertz CT molecular complexity index is 1180. The van der Waals surface area contributed by atoms with E-state index in [1.807, 2.05) is 0 Å². The Kier molecular flexibility index (Phi) is 8.84.